The lowest BCUT2D eigenvalue weighted by atomic mass is 10.0. The first-order valence-electron chi connectivity index (χ1n) is 6.83. The first-order valence-corrected chi connectivity index (χ1v) is 6.83. The van der Waals surface area contributed by atoms with Gasteiger partial charge in [0.15, 0.2) is 0 Å². The minimum Gasteiger partial charge on any atom is -0.468 e. The molecule has 0 amide bonds. The Morgan fingerprint density at radius 1 is 1.44 bits per heavy atom. The highest BCUT2D eigenvalue weighted by atomic mass is 16.3. The van der Waals surface area contributed by atoms with E-state index in [1.807, 2.05) is 12.1 Å². The van der Waals surface area contributed by atoms with Crippen LogP contribution in [0.2, 0.25) is 0 Å². The molecule has 0 aliphatic carbocycles. The van der Waals surface area contributed by atoms with Crippen LogP contribution in [0.5, 0.6) is 0 Å². The monoisotopic (exact) mass is 251 g/mol. The topological polar surface area (TPSA) is 45.6 Å². The van der Waals surface area contributed by atoms with E-state index in [9.17, 15) is 0 Å². The van der Waals surface area contributed by atoms with E-state index in [1.165, 1.54) is 6.42 Å². The first-order chi connectivity index (χ1) is 8.59. The lowest BCUT2D eigenvalue weighted by molar-refractivity contribution is 0.111. The first kappa shape index (κ1) is 13.6. The minimum absolute atomic E-state index is 0.0713. The van der Waals surface area contributed by atoms with E-state index in [4.69, 9.17) is 10.2 Å². The van der Waals surface area contributed by atoms with Gasteiger partial charge in [-0.2, -0.15) is 0 Å². The smallest absolute Gasteiger partial charge is 0.122 e. The molecule has 3 atom stereocenters. The highest BCUT2D eigenvalue weighted by Crippen LogP contribution is 2.27. The summed E-state index contributed by atoms with van der Waals surface area (Å²) in [5.41, 5.74) is 6.19. The molecule has 2 rings (SSSR count). The second-order valence-electron chi connectivity index (χ2n) is 5.52. The van der Waals surface area contributed by atoms with Crippen LogP contribution in [0.3, 0.4) is 0 Å². The zero-order valence-electron chi connectivity index (χ0n) is 11.7. The van der Waals surface area contributed by atoms with Gasteiger partial charge in [-0.1, -0.05) is 0 Å². The van der Waals surface area contributed by atoms with Crippen LogP contribution in [0.1, 0.15) is 32.1 Å². The van der Waals surface area contributed by atoms with Crippen LogP contribution in [-0.4, -0.2) is 48.6 Å². The molecule has 2 heterocycles. The summed E-state index contributed by atoms with van der Waals surface area (Å²) in [7, 11) is 2.19. The fraction of sp³-hybridized carbons (Fsp3) is 0.714. The number of furan rings is 1. The molecule has 1 aromatic rings. The quantitative estimate of drug-likeness (QED) is 0.888. The van der Waals surface area contributed by atoms with Crippen molar-refractivity contribution in [2.24, 2.45) is 5.73 Å². The van der Waals surface area contributed by atoms with Crippen molar-refractivity contribution >= 4 is 0 Å². The molecule has 2 N–H and O–H groups in total. The number of nitrogens with zero attached hydrogens (tertiary/aromatic N) is 2. The molecule has 1 fully saturated rings. The lowest BCUT2D eigenvalue weighted by Gasteiger charge is -2.36. The van der Waals surface area contributed by atoms with E-state index in [0.717, 1.165) is 25.4 Å². The SMILES string of the molecule is CC(N)C(c1ccco1)N1CCCN(C)CC1C. The Morgan fingerprint density at radius 3 is 2.83 bits per heavy atom. The number of hydrogen-bond acceptors (Lipinski definition) is 4. The molecule has 1 aliphatic rings. The summed E-state index contributed by atoms with van der Waals surface area (Å²) in [5, 5.41) is 0. The molecule has 0 aromatic carbocycles. The summed E-state index contributed by atoms with van der Waals surface area (Å²) in [4.78, 5) is 4.89. The van der Waals surface area contributed by atoms with E-state index in [2.05, 4.69) is 30.7 Å². The minimum atomic E-state index is 0.0713. The molecule has 4 nitrogen and oxygen atoms in total. The normalized spacial score (nSPS) is 26.8. The average molecular weight is 251 g/mol. The summed E-state index contributed by atoms with van der Waals surface area (Å²) in [6.07, 6.45) is 2.92. The maximum atomic E-state index is 6.19. The van der Waals surface area contributed by atoms with Gasteiger partial charge in [0.1, 0.15) is 5.76 Å². The van der Waals surface area contributed by atoms with Crippen molar-refractivity contribution in [1.29, 1.82) is 0 Å². The second-order valence-corrected chi connectivity index (χ2v) is 5.52. The third-order valence-corrected chi connectivity index (χ3v) is 3.79. The van der Waals surface area contributed by atoms with Gasteiger partial charge in [-0.25, -0.2) is 0 Å². The van der Waals surface area contributed by atoms with Gasteiger partial charge in [0, 0.05) is 25.2 Å². The van der Waals surface area contributed by atoms with Gasteiger partial charge in [-0.3, -0.25) is 4.90 Å². The lowest BCUT2D eigenvalue weighted by Crippen LogP contribution is -2.46. The van der Waals surface area contributed by atoms with Gasteiger partial charge < -0.3 is 15.1 Å². The molecule has 0 spiro atoms. The molecule has 0 bridgehead atoms. The number of hydrogen-bond donors (Lipinski definition) is 1. The molecule has 1 aliphatic heterocycles. The van der Waals surface area contributed by atoms with E-state index in [-0.39, 0.29) is 12.1 Å². The Hall–Kier alpha value is -0.840. The Bertz CT molecular complexity index is 350. The standard InChI is InChI=1S/C14H25N3O/c1-11-10-16(3)7-5-8-17(11)14(12(2)15)13-6-4-9-18-13/h4,6,9,11-12,14H,5,7-8,10,15H2,1-3H3. The van der Waals surface area contributed by atoms with Crippen molar-refractivity contribution < 1.29 is 4.42 Å². The van der Waals surface area contributed by atoms with Crippen molar-refractivity contribution in [3.63, 3.8) is 0 Å². The van der Waals surface area contributed by atoms with E-state index >= 15 is 0 Å². The fourth-order valence-corrected chi connectivity index (χ4v) is 2.99. The molecule has 4 heteroatoms. The predicted molar refractivity (Wildman–Crippen MR) is 73.4 cm³/mol. The zero-order chi connectivity index (χ0) is 13.1. The molecule has 102 valence electrons. The molecular weight excluding hydrogens is 226 g/mol. The Labute approximate surface area is 110 Å². The van der Waals surface area contributed by atoms with Crippen LogP contribution in [0.15, 0.2) is 22.8 Å². The Morgan fingerprint density at radius 2 is 2.22 bits per heavy atom. The highest BCUT2D eigenvalue weighted by Gasteiger charge is 2.31. The summed E-state index contributed by atoms with van der Waals surface area (Å²) in [5.74, 6) is 0.987. The van der Waals surface area contributed by atoms with Gasteiger partial charge >= 0.3 is 0 Å². The van der Waals surface area contributed by atoms with Crippen LogP contribution in [-0.2, 0) is 0 Å². The van der Waals surface area contributed by atoms with Crippen molar-refractivity contribution in [3.05, 3.63) is 24.2 Å². The summed E-state index contributed by atoms with van der Waals surface area (Å²) in [6.45, 7) is 7.67. The third-order valence-electron chi connectivity index (χ3n) is 3.79. The molecule has 18 heavy (non-hydrogen) atoms. The van der Waals surface area contributed by atoms with Crippen molar-refractivity contribution in [1.82, 2.24) is 9.80 Å². The third kappa shape index (κ3) is 2.94. The average Bonchev–Trinajstić information content (AvgIpc) is 2.74. The maximum Gasteiger partial charge on any atom is 0.122 e. The molecule has 1 aromatic heterocycles. The van der Waals surface area contributed by atoms with Crippen molar-refractivity contribution in [3.8, 4) is 0 Å². The Kier molecular flexibility index (Phi) is 4.43. The summed E-state index contributed by atoms with van der Waals surface area (Å²) in [6, 6.07) is 4.73. The van der Waals surface area contributed by atoms with E-state index < -0.39 is 0 Å². The van der Waals surface area contributed by atoms with Gasteiger partial charge in [-0.15, -0.1) is 0 Å². The van der Waals surface area contributed by atoms with Gasteiger partial charge in [0.25, 0.3) is 0 Å². The molecular formula is C14H25N3O. The van der Waals surface area contributed by atoms with Gasteiger partial charge in [-0.05, 0) is 46.0 Å². The molecule has 1 saturated heterocycles. The van der Waals surface area contributed by atoms with Gasteiger partial charge in [0.2, 0.25) is 0 Å². The number of likely N-dealkylation sites (N-methyl/N-ethyl adjacent to an activating group) is 1. The van der Waals surface area contributed by atoms with Crippen molar-refractivity contribution in [2.45, 2.75) is 38.4 Å². The fourth-order valence-electron chi connectivity index (χ4n) is 2.99. The van der Waals surface area contributed by atoms with Crippen LogP contribution >= 0.6 is 0 Å². The Balaban J connectivity index is 2.19. The predicted octanol–water partition coefficient (Wildman–Crippen LogP) is 1.69. The summed E-state index contributed by atoms with van der Waals surface area (Å²) >= 11 is 0. The van der Waals surface area contributed by atoms with E-state index in [1.54, 1.807) is 6.26 Å². The van der Waals surface area contributed by atoms with E-state index in [0.29, 0.717) is 6.04 Å². The summed E-state index contributed by atoms with van der Waals surface area (Å²) < 4.78 is 5.59. The zero-order valence-corrected chi connectivity index (χ0v) is 11.7. The number of rotatable bonds is 3. The van der Waals surface area contributed by atoms with Crippen LogP contribution < -0.4 is 5.73 Å². The second kappa shape index (κ2) is 5.87. The highest BCUT2D eigenvalue weighted by molar-refractivity contribution is 5.08. The van der Waals surface area contributed by atoms with Crippen LogP contribution in [0.25, 0.3) is 0 Å². The maximum absolute atomic E-state index is 6.19. The van der Waals surface area contributed by atoms with Crippen LogP contribution in [0.4, 0.5) is 0 Å². The van der Waals surface area contributed by atoms with Crippen LogP contribution in [0, 0.1) is 0 Å². The number of nitrogens with two attached hydrogens (primary N) is 1. The van der Waals surface area contributed by atoms with Gasteiger partial charge in [0.05, 0.1) is 12.3 Å². The molecule has 3 unspecified atom stereocenters. The molecule has 0 saturated carbocycles. The van der Waals surface area contributed by atoms with Crippen molar-refractivity contribution in [2.75, 3.05) is 26.7 Å². The molecule has 0 radical (unpaired) electrons. The largest absolute Gasteiger partial charge is 0.468 e.